The van der Waals surface area contributed by atoms with Crippen molar-refractivity contribution in [2.45, 2.75) is 24.7 Å². The normalized spacial score (nSPS) is 20.2. The largest absolute Gasteiger partial charge is 0.349 e. The summed E-state index contributed by atoms with van der Waals surface area (Å²) in [5.74, 6) is 7.91. The lowest BCUT2D eigenvalue weighted by Crippen LogP contribution is -2.63. The summed E-state index contributed by atoms with van der Waals surface area (Å²) in [6.07, 6.45) is 5.07. The molecule has 1 aromatic heterocycles. The topological polar surface area (TPSA) is 133 Å². The number of aromatic amines is 1. The molecule has 0 amide bonds. The maximum atomic E-state index is 11.8. The number of hydrogen-bond acceptors (Lipinski definition) is 6. The Morgan fingerprint density at radius 1 is 1.42 bits per heavy atom. The second-order valence-electron chi connectivity index (χ2n) is 6.31. The highest BCUT2D eigenvalue weighted by Gasteiger charge is 2.42. The van der Waals surface area contributed by atoms with Crippen LogP contribution < -0.4 is 15.8 Å². The van der Waals surface area contributed by atoms with Gasteiger partial charge in [-0.1, -0.05) is 6.07 Å². The third-order valence-corrected chi connectivity index (χ3v) is 5.24. The molecule has 10 heteroatoms. The van der Waals surface area contributed by atoms with Crippen LogP contribution in [0.1, 0.15) is 17.8 Å². The second kappa shape index (κ2) is 7.16. The Hall–Kier alpha value is -2.27. The van der Waals surface area contributed by atoms with Gasteiger partial charge in [-0.05, 0) is 25.0 Å². The number of aliphatic imine (C=N–C) groups is 1. The van der Waals surface area contributed by atoms with E-state index in [9.17, 15) is 13.0 Å². The minimum atomic E-state index is -4.39. The van der Waals surface area contributed by atoms with Crippen molar-refractivity contribution < 1.29 is 13.0 Å². The summed E-state index contributed by atoms with van der Waals surface area (Å²) < 4.78 is 32.9. The third kappa shape index (κ3) is 3.78. The van der Waals surface area contributed by atoms with Crippen LogP contribution in [0.4, 0.5) is 5.69 Å². The van der Waals surface area contributed by atoms with Gasteiger partial charge in [0.2, 0.25) is 0 Å². The van der Waals surface area contributed by atoms with Gasteiger partial charge in [0.05, 0.1) is 6.54 Å². The van der Waals surface area contributed by atoms with Gasteiger partial charge in [-0.2, -0.15) is 18.9 Å². The zero-order valence-corrected chi connectivity index (χ0v) is 15.3. The summed E-state index contributed by atoms with van der Waals surface area (Å²) >= 11 is 0. The first kappa shape index (κ1) is 18.5. The first-order valence-electron chi connectivity index (χ1n) is 8.33. The molecular formula is C16H23N6O3S+. The molecule has 0 saturated carbocycles. The van der Waals surface area contributed by atoms with Crippen molar-refractivity contribution >= 4 is 21.8 Å². The summed E-state index contributed by atoms with van der Waals surface area (Å²) in [7, 11) is -4.39. The first-order valence-corrected chi connectivity index (χ1v) is 9.77. The van der Waals surface area contributed by atoms with Crippen LogP contribution in [0.5, 0.6) is 0 Å². The SMILES string of the molecule is Cc1ccc(S(=O)(=O)O)c([N+]2(N)CCN=C2NCCCc2ncc[nH]2)c1. The van der Waals surface area contributed by atoms with E-state index in [1.807, 2.05) is 6.92 Å². The van der Waals surface area contributed by atoms with Crippen LogP contribution in [-0.2, 0) is 16.5 Å². The van der Waals surface area contributed by atoms with Crippen molar-refractivity contribution in [1.29, 1.82) is 0 Å². The van der Waals surface area contributed by atoms with Gasteiger partial charge in [-0.3, -0.25) is 4.55 Å². The molecular weight excluding hydrogens is 356 g/mol. The number of guanidine groups is 1. The standard InChI is InChI=1S/C16H22N6O3S/c1-12-4-5-14(26(23,24)25)13(11-12)22(17)10-9-21-16(22)20-6-2-3-15-18-7-8-19-15/h4-5,7-8,11H,2-3,6,9-10,17H2,1H3,(H2-,18,19,20,21,23,24,25)/p+1. The molecule has 0 saturated heterocycles. The van der Waals surface area contributed by atoms with E-state index in [-0.39, 0.29) is 9.49 Å². The van der Waals surface area contributed by atoms with E-state index in [1.165, 1.54) is 6.07 Å². The fourth-order valence-corrected chi connectivity index (χ4v) is 3.75. The molecule has 140 valence electrons. The van der Waals surface area contributed by atoms with E-state index < -0.39 is 10.1 Å². The lowest BCUT2D eigenvalue weighted by Gasteiger charge is -2.29. The van der Waals surface area contributed by atoms with Gasteiger partial charge < -0.3 is 10.3 Å². The predicted octanol–water partition coefficient (Wildman–Crippen LogP) is 0.738. The average Bonchev–Trinajstić information content (AvgIpc) is 3.21. The number of H-pyrrole nitrogens is 1. The minimum absolute atomic E-state index is 0.197. The Morgan fingerprint density at radius 3 is 2.92 bits per heavy atom. The molecule has 0 fully saturated rings. The zero-order valence-electron chi connectivity index (χ0n) is 14.5. The van der Waals surface area contributed by atoms with Gasteiger partial charge in [-0.25, -0.2) is 9.98 Å². The molecule has 2 heterocycles. The van der Waals surface area contributed by atoms with Gasteiger partial charge in [-0.15, -0.1) is 0 Å². The van der Waals surface area contributed by atoms with Crippen LogP contribution in [0.15, 0.2) is 40.5 Å². The van der Waals surface area contributed by atoms with Crippen molar-refractivity contribution in [1.82, 2.24) is 19.9 Å². The van der Waals surface area contributed by atoms with E-state index >= 15 is 0 Å². The number of benzene rings is 1. The minimum Gasteiger partial charge on any atom is -0.349 e. The molecule has 1 aromatic carbocycles. The number of nitrogens with one attached hydrogen (secondary N) is 2. The maximum Gasteiger partial charge on any atom is 0.322 e. The summed E-state index contributed by atoms with van der Waals surface area (Å²) in [5.41, 5.74) is 1.15. The molecule has 2 aromatic rings. The number of rotatable bonds is 6. The van der Waals surface area contributed by atoms with Crippen molar-refractivity contribution in [3.05, 3.63) is 42.0 Å². The molecule has 5 N–H and O–H groups in total. The highest BCUT2D eigenvalue weighted by molar-refractivity contribution is 7.86. The van der Waals surface area contributed by atoms with E-state index in [1.54, 1.807) is 24.5 Å². The molecule has 9 nitrogen and oxygen atoms in total. The molecule has 1 atom stereocenters. The lowest BCUT2D eigenvalue weighted by atomic mass is 10.2. The Morgan fingerprint density at radius 2 is 2.23 bits per heavy atom. The summed E-state index contributed by atoms with van der Waals surface area (Å²) in [6.45, 7) is 3.33. The highest BCUT2D eigenvalue weighted by Crippen LogP contribution is 2.31. The van der Waals surface area contributed by atoms with Crippen LogP contribution in [0.3, 0.4) is 0 Å². The molecule has 0 bridgehead atoms. The smallest absolute Gasteiger partial charge is 0.322 e. The number of aromatic nitrogens is 2. The van der Waals surface area contributed by atoms with Gasteiger partial charge in [0.15, 0.2) is 10.6 Å². The second-order valence-corrected chi connectivity index (χ2v) is 7.70. The highest BCUT2D eigenvalue weighted by atomic mass is 32.2. The van der Waals surface area contributed by atoms with Gasteiger partial charge in [0.25, 0.3) is 0 Å². The molecule has 26 heavy (non-hydrogen) atoms. The van der Waals surface area contributed by atoms with Crippen LogP contribution in [0.25, 0.3) is 0 Å². The monoisotopic (exact) mass is 379 g/mol. The molecule has 0 radical (unpaired) electrons. The summed E-state index contributed by atoms with van der Waals surface area (Å²) in [6, 6.07) is 4.68. The van der Waals surface area contributed by atoms with Gasteiger partial charge >= 0.3 is 16.1 Å². The predicted molar refractivity (Wildman–Crippen MR) is 99.1 cm³/mol. The summed E-state index contributed by atoms with van der Waals surface area (Å²) in [5, 5.41) is 3.21. The van der Waals surface area contributed by atoms with E-state index in [0.717, 1.165) is 24.2 Å². The van der Waals surface area contributed by atoms with Crippen LogP contribution in [-0.4, -0.2) is 48.5 Å². The Bertz CT molecular complexity index is 910. The number of aryl methyl sites for hydroxylation is 2. The zero-order chi connectivity index (χ0) is 18.8. The Balaban J connectivity index is 1.78. The Kier molecular flexibility index (Phi) is 5.10. The van der Waals surface area contributed by atoms with Crippen LogP contribution >= 0.6 is 0 Å². The quantitative estimate of drug-likeness (QED) is 0.253. The molecule has 0 spiro atoms. The van der Waals surface area contributed by atoms with Crippen LogP contribution in [0.2, 0.25) is 0 Å². The van der Waals surface area contributed by atoms with Gasteiger partial charge in [0.1, 0.15) is 12.4 Å². The first-order chi connectivity index (χ1) is 12.3. The molecule has 1 aliphatic rings. The van der Waals surface area contributed by atoms with Crippen molar-refractivity contribution in [3.63, 3.8) is 0 Å². The summed E-state index contributed by atoms with van der Waals surface area (Å²) in [4.78, 5) is 11.4. The number of nitrogens with zero attached hydrogens (tertiary/aromatic N) is 3. The number of imidazole rings is 1. The molecule has 3 rings (SSSR count). The van der Waals surface area contributed by atoms with Crippen molar-refractivity contribution in [2.24, 2.45) is 10.8 Å². The molecule has 1 aliphatic heterocycles. The number of hydrogen-bond donors (Lipinski definition) is 4. The average molecular weight is 379 g/mol. The molecule has 0 aliphatic carbocycles. The fourth-order valence-electron chi connectivity index (χ4n) is 3.03. The molecule has 1 unspecified atom stereocenters. The van der Waals surface area contributed by atoms with E-state index in [4.69, 9.17) is 5.84 Å². The van der Waals surface area contributed by atoms with E-state index in [0.29, 0.717) is 31.3 Å². The van der Waals surface area contributed by atoms with Crippen molar-refractivity contribution in [2.75, 3.05) is 19.6 Å². The Labute approximate surface area is 152 Å². The van der Waals surface area contributed by atoms with Crippen molar-refractivity contribution in [3.8, 4) is 0 Å². The van der Waals surface area contributed by atoms with E-state index in [2.05, 4.69) is 20.3 Å². The number of nitrogens with two attached hydrogens (primary N) is 1. The maximum absolute atomic E-state index is 11.8. The number of quaternary nitrogens is 1. The van der Waals surface area contributed by atoms with Gasteiger partial charge in [0, 0.05) is 31.4 Å². The lowest BCUT2D eigenvalue weighted by molar-refractivity contribution is 0.436. The fraction of sp³-hybridized carbons (Fsp3) is 0.375. The third-order valence-electron chi connectivity index (χ3n) is 4.34. The van der Waals surface area contributed by atoms with Crippen LogP contribution in [0, 0.1) is 6.92 Å².